The minimum Gasteiger partial charge on any atom is -1.00 e. The van der Waals surface area contributed by atoms with E-state index in [-0.39, 0.29) is 50.8 Å². The van der Waals surface area contributed by atoms with Crippen LogP contribution in [-0.4, -0.2) is 40.0 Å². The van der Waals surface area contributed by atoms with Gasteiger partial charge in [0.05, 0.1) is 0 Å². The number of allylic oxidation sites excluding steroid dienone is 4. The first kappa shape index (κ1) is 36.3. The van der Waals surface area contributed by atoms with Crippen molar-refractivity contribution in [2.75, 3.05) is 40.0 Å². The second kappa shape index (κ2) is 30.5. The maximum Gasteiger partial charge on any atom is 4.00 e. The Kier molecular flexibility index (Phi) is 65.0. The molecule has 0 fully saturated rings. The van der Waals surface area contributed by atoms with Gasteiger partial charge in [0.2, 0.25) is 0 Å². The van der Waals surface area contributed by atoms with Crippen LogP contribution in [0.25, 0.3) is 0 Å². The van der Waals surface area contributed by atoms with Gasteiger partial charge in [-0.2, -0.15) is 6.08 Å². The Morgan fingerprint density at radius 2 is 1.18 bits per heavy atom. The van der Waals surface area contributed by atoms with Crippen molar-refractivity contribution in [1.82, 2.24) is 0 Å². The molecule has 1 rings (SSSR count). The molecule has 0 nitrogen and oxygen atoms in total. The van der Waals surface area contributed by atoms with E-state index < -0.39 is 0 Å². The molecule has 0 aromatic carbocycles. The van der Waals surface area contributed by atoms with E-state index in [4.69, 9.17) is 0 Å². The number of hydrogen-bond acceptors (Lipinski definition) is 0. The van der Waals surface area contributed by atoms with Crippen molar-refractivity contribution < 1.29 is 43.4 Å². The molecule has 1 aliphatic rings. The van der Waals surface area contributed by atoms with E-state index in [9.17, 15) is 0 Å². The number of rotatable bonds is 0. The summed E-state index contributed by atoms with van der Waals surface area (Å²) in [6.07, 6.45) is 10.0. The largest absolute Gasteiger partial charge is 4.00 e. The van der Waals surface area contributed by atoms with E-state index in [1.807, 2.05) is 12.2 Å². The summed E-state index contributed by atoms with van der Waals surface area (Å²) in [5.74, 6) is 0. The molecular formula is C12H26Cl2P2V. The van der Waals surface area contributed by atoms with Gasteiger partial charge in [-0.25, -0.2) is 12.2 Å². The average molecular weight is 354 g/mol. The monoisotopic (exact) mass is 353 g/mol. The zero-order valence-electron chi connectivity index (χ0n) is 12.0. The molecule has 0 aromatic rings. The summed E-state index contributed by atoms with van der Waals surface area (Å²) >= 11 is 0. The fourth-order valence-electron chi connectivity index (χ4n) is 0.340. The Hall–Kier alpha value is 1.50. The Morgan fingerprint density at radius 1 is 0.882 bits per heavy atom. The molecule has 0 saturated carbocycles. The smallest absolute Gasteiger partial charge is 1.00 e. The van der Waals surface area contributed by atoms with Crippen LogP contribution in [0.5, 0.6) is 0 Å². The molecule has 17 heavy (non-hydrogen) atoms. The van der Waals surface area contributed by atoms with Gasteiger partial charge >= 0.3 is 18.6 Å². The van der Waals surface area contributed by atoms with Crippen molar-refractivity contribution in [3.63, 3.8) is 0 Å². The standard InChI is InChI=1S/C5H5.2C3H9P.CH3.2ClH.V/c1-2-4-5-3-1;2*1-4(2)3;;;;/h1-3H,4H2;2*1-3H3;1H3;2*1H;/q-1;;;-1;;;+4/p-2. The molecule has 1 aliphatic carbocycles. The van der Waals surface area contributed by atoms with Crippen molar-refractivity contribution in [3.8, 4) is 0 Å². The van der Waals surface area contributed by atoms with Gasteiger partial charge in [-0.15, -0.1) is 22.3 Å². The zero-order valence-corrected chi connectivity index (χ0v) is 16.7. The summed E-state index contributed by atoms with van der Waals surface area (Å²) < 4.78 is 0. The topological polar surface area (TPSA) is 0 Å². The molecule has 103 valence electrons. The molecule has 0 saturated heterocycles. The third-order valence-electron chi connectivity index (χ3n) is 0.586. The summed E-state index contributed by atoms with van der Waals surface area (Å²) in [4.78, 5) is 0. The van der Waals surface area contributed by atoms with Gasteiger partial charge < -0.3 is 32.2 Å². The van der Waals surface area contributed by atoms with Crippen molar-refractivity contribution >= 4 is 15.8 Å². The molecule has 0 bridgehead atoms. The zero-order chi connectivity index (χ0) is 10.7. The van der Waals surface area contributed by atoms with Crippen LogP contribution in [-0.2, 0) is 18.6 Å². The van der Waals surface area contributed by atoms with Gasteiger partial charge in [0.1, 0.15) is 0 Å². The predicted molar refractivity (Wildman–Crippen MR) is 77.4 cm³/mol. The van der Waals surface area contributed by atoms with Crippen LogP contribution in [0.1, 0.15) is 6.42 Å². The van der Waals surface area contributed by atoms with E-state index in [0.29, 0.717) is 15.8 Å². The first-order chi connectivity index (χ1) is 5.96. The van der Waals surface area contributed by atoms with Gasteiger partial charge in [0.25, 0.3) is 0 Å². The molecule has 0 heterocycles. The molecule has 0 N–H and O–H groups in total. The normalized spacial score (nSPS) is 9.41. The van der Waals surface area contributed by atoms with Crippen LogP contribution in [0.4, 0.5) is 0 Å². The average Bonchev–Trinajstić information content (AvgIpc) is 2.35. The van der Waals surface area contributed by atoms with Crippen molar-refractivity contribution in [2.24, 2.45) is 0 Å². The third kappa shape index (κ3) is 99.5. The Morgan fingerprint density at radius 3 is 1.24 bits per heavy atom. The summed E-state index contributed by atoms with van der Waals surface area (Å²) in [5.41, 5.74) is 0. The molecule has 0 unspecified atom stereocenters. The number of hydrogen-bond donors (Lipinski definition) is 0. The van der Waals surface area contributed by atoms with Gasteiger partial charge in [-0.05, 0) is 40.0 Å². The third-order valence-corrected chi connectivity index (χ3v) is 0.586. The maximum atomic E-state index is 2.99. The molecule has 0 atom stereocenters. The molecule has 0 spiro atoms. The van der Waals surface area contributed by atoms with Crippen LogP contribution in [0.3, 0.4) is 0 Å². The van der Waals surface area contributed by atoms with Crippen molar-refractivity contribution in [3.05, 3.63) is 31.7 Å². The second-order valence-corrected chi connectivity index (χ2v) is 9.05. The van der Waals surface area contributed by atoms with Crippen LogP contribution in [0.15, 0.2) is 18.2 Å². The fraction of sp³-hybridized carbons (Fsp3) is 0.583. The van der Waals surface area contributed by atoms with Gasteiger partial charge in [-0.1, -0.05) is 0 Å². The molecule has 0 aliphatic heterocycles. The van der Waals surface area contributed by atoms with Crippen molar-refractivity contribution in [1.29, 1.82) is 0 Å². The minimum atomic E-state index is 0. The van der Waals surface area contributed by atoms with E-state index in [2.05, 4.69) is 52.1 Å². The minimum absolute atomic E-state index is 0. The first-order valence-corrected chi connectivity index (χ1v) is 9.77. The Balaban J connectivity index is -0.0000000242. The van der Waals surface area contributed by atoms with Gasteiger partial charge in [-0.3, -0.25) is 6.08 Å². The number of halogens is 2. The van der Waals surface area contributed by atoms with E-state index in [1.165, 1.54) is 0 Å². The summed E-state index contributed by atoms with van der Waals surface area (Å²) in [5, 5.41) is 0. The molecular weight excluding hydrogens is 328 g/mol. The van der Waals surface area contributed by atoms with Gasteiger partial charge in [0.15, 0.2) is 0 Å². The van der Waals surface area contributed by atoms with Crippen LogP contribution < -0.4 is 24.8 Å². The Bertz CT molecular complexity index is 128. The maximum absolute atomic E-state index is 2.99. The van der Waals surface area contributed by atoms with Crippen molar-refractivity contribution in [2.45, 2.75) is 6.42 Å². The predicted octanol–water partition coefficient (Wildman–Crippen LogP) is -1.52. The van der Waals surface area contributed by atoms with Gasteiger partial charge in [0, 0.05) is 0 Å². The first-order valence-electron chi connectivity index (χ1n) is 4.40. The fourth-order valence-corrected chi connectivity index (χ4v) is 0.340. The van der Waals surface area contributed by atoms with Crippen LogP contribution >= 0.6 is 15.8 Å². The van der Waals surface area contributed by atoms with E-state index in [0.717, 1.165) is 6.42 Å². The second-order valence-electron chi connectivity index (χ2n) is 3.69. The Labute approximate surface area is 137 Å². The summed E-state index contributed by atoms with van der Waals surface area (Å²) in [7, 11) is 0.759. The van der Waals surface area contributed by atoms with Crippen LogP contribution in [0, 0.1) is 13.5 Å². The quantitative estimate of drug-likeness (QED) is 0.366. The molecule has 1 radical (unpaired) electrons. The molecule has 5 heteroatoms. The molecule has 0 aromatic heterocycles. The SMILES string of the molecule is CP(C)C.CP(C)C.[C-]1=CC=CC1.[CH3-].[Cl-].[Cl-].[V+4]. The van der Waals surface area contributed by atoms with E-state index >= 15 is 0 Å². The summed E-state index contributed by atoms with van der Waals surface area (Å²) in [6.45, 7) is 13.4. The van der Waals surface area contributed by atoms with E-state index in [1.54, 1.807) is 0 Å². The van der Waals surface area contributed by atoms with Crippen LogP contribution in [0.2, 0.25) is 0 Å². The molecule has 0 amide bonds. The summed E-state index contributed by atoms with van der Waals surface area (Å²) in [6, 6.07) is 0.